The van der Waals surface area contributed by atoms with Crippen molar-refractivity contribution in [3.63, 3.8) is 0 Å². The zero-order chi connectivity index (χ0) is 46.0. The molecule has 0 bridgehead atoms. The number of aromatic nitrogens is 8. The Balaban J connectivity index is 0.000000164. The van der Waals surface area contributed by atoms with Crippen LogP contribution in [0.25, 0.3) is 11.0 Å². The summed E-state index contributed by atoms with van der Waals surface area (Å²) in [5.74, 6) is -0.367. The Kier molecular flexibility index (Phi) is 17.1. The number of aromatic amines is 1. The number of fused-ring (bicyclic) bond motifs is 2. The van der Waals surface area contributed by atoms with Gasteiger partial charge < -0.3 is 24.1 Å². The van der Waals surface area contributed by atoms with E-state index in [1.165, 1.54) is 41.4 Å². The molecule has 4 aromatic rings. The molecule has 0 aromatic carbocycles. The Morgan fingerprint density at radius 2 is 1.12 bits per heavy atom. The second-order valence-electron chi connectivity index (χ2n) is 17.3. The number of rotatable bonds is 6. The molecule has 0 spiro atoms. The van der Waals surface area contributed by atoms with Crippen LogP contribution >= 0.6 is 0 Å². The van der Waals surface area contributed by atoms with Crippen molar-refractivity contribution in [3.05, 3.63) is 55.2 Å². The third kappa shape index (κ3) is 12.5. The van der Waals surface area contributed by atoms with Crippen LogP contribution < -0.4 is 21.5 Å². The van der Waals surface area contributed by atoms with E-state index in [2.05, 4.69) is 20.2 Å². The van der Waals surface area contributed by atoms with Crippen LogP contribution in [0, 0.1) is 23.7 Å². The summed E-state index contributed by atoms with van der Waals surface area (Å²) in [5, 5.41) is 15.8. The van der Waals surface area contributed by atoms with Gasteiger partial charge in [-0.15, -0.1) is 5.10 Å². The maximum Gasteiger partial charge on any atom is 0.391 e. The molecule has 64 heavy (non-hydrogen) atoms. The van der Waals surface area contributed by atoms with Gasteiger partial charge in [-0.05, 0) is 102 Å². The minimum atomic E-state index is -4.12. The summed E-state index contributed by atoms with van der Waals surface area (Å²) in [5.41, 5.74) is -0.240. The molecule has 2 N–H and O–H groups in total. The van der Waals surface area contributed by atoms with Gasteiger partial charge in [-0.25, -0.2) is 28.9 Å². The first-order valence-electron chi connectivity index (χ1n) is 22.3. The second-order valence-corrected chi connectivity index (χ2v) is 17.3. The number of H-pyrrole nitrogens is 1. The average molecular weight is 919 g/mol. The molecule has 22 heteroatoms. The lowest BCUT2D eigenvalue weighted by molar-refractivity contribution is -0.185. The Bertz CT molecular complexity index is 2250. The van der Waals surface area contributed by atoms with Crippen molar-refractivity contribution in [2.24, 2.45) is 37.8 Å². The molecule has 0 radical (unpaired) electrons. The topological polar surface area (TPSA) is 181 Å². The number of ether oxygens (including phenoxy) is 4. The van der Waals surface area contributed by atoms with E-state index in [0.29, 0.717) is 63.1 Å². The third-order valence-corrected chi connectivity index (χ3v) is 12.9. The first-order chi connectivity index (χ1) is 30.6. The Morgan fingerprint density at radius 3 is 1.62 bits per heavy atom. The molecule has 2 aliphatic carbocycles. The molecular weight excluding hydrogens is 858 g/mol. The fourth-order valence-electron chi connectivity index (χ4n) is 8.73. The van der Waals surface area contributed by atoms with E-state index in [9.17, 15) is 40.7 Å². The van der Waals surface area contributed by atoms with Gasteiger partial charge in [0.15, 0.2) is 5.52 Å². The van der Waals surface area contributed by atoms with Crippen molar-refractivity contribution in [1.29, 1.82) is 0 Å². The van der Waals surface area contributed by atoms with E-state index in [1.807, 2.05) is 0 Å². The number of nitrogens with zero attached hydrogens (tertiary/aromatic N) is 7. The van der Waals surface area contributed by atoms with E-state index < -0.39 is 29.9 Å². The number of alkyl halides is 6. The standard InChI is InChI=1S/C19H25F3N4O3.C11H14N4O3.C8H13F3O.C4H8O/c1-25-17(27)15-10-23-16(13-6-8-28-9-7-13)26(15)24-18(25)29-11-12-2-4-14(5-3-12)19(20,21)22;1-14-10(16)8-6-12-9(15(8)13-11(14)17)7-2-4-18-5-3-7;9-8(10,11)7-3-1-6(5-12)2-4-7;1-2-4-5-3-1/h10,12-14H,2-9,11H2,1H3;6-7H,2-5H2,1H3,(H,13,17);6-7,12H,1-5H2;1-4H2. The van der Waals surface area contributed by atoms with Gasteiger partial charge >= 0.3 is 24.1 Å². The van der Waals surface area contributed by atoms with Crippen molar-refractivity contribution in [3.8, 4) is 6.01 Å². The fraction of sp³-hybridized carbons (Fsp3) is 0.762. The van der Waals surface area contributed by atoms with Gasteiger partial charge in [-0.1, -0.05) is 0 Å². The van der Waals surface area contributed by atoms with Crippen LogP contribution in [-0.4, -0.2) is 109 Å². The molecular formula is C42H60F6N8O8. The Labute approximate surface area is 365 Å². The number of halogens is 6. The largest absolute Gasteiger partial charge is 0.463 e. The molecule has 0 atom stereocenters. The van der Waals surface area contributed by atoms with Crippen LogP contribution in [0.5, 0.6) is 6.01 Å². The van der Waals surface area contributed by atoms with Gasteiger partial charge in [0.2, 0.25) is 0 Å². The third-order valence-electron chi connectivity index (χ3n) is 12.9. The molecule has 16 nitrogen and oxygen atoms in total. The zero-order valence-corrected chi connectivity index (χ0v) is 36.4. The van der Waals surface area contributed by atoms with Crippen molar-refractivity contribution in [2.45, 2.75) is 114 Å². The molecule has 9 rings (SSSR count). The molecule has 2 saturated carbocycles. The number of aliphatic hydroxyl groups excluding tert-OH is 1. The number of aliphatic hydroxyl groups is 1. The SMILES string of the molecule is C1CCOC1.Cn1c(=O)[nH]n2c(C3CCOCC3)ncc2c1=O.Cn1c(OCC2CCC(C(F)(F)F)CC2)nn2c(C3CCOCC3)ncc2c1=O.OCC1CCC(C(F)(F)F)CC1. The molecule has 0 amide bonds. The van der Waals surface area contributed by atoms with Crippen molar-refractivity contribution >= 4 is 11.0 Å². The van der Waals surface area contributed by atoms with E-state index in [-0.39, 0.29) is 79.7 Å². The summed E-state index contributed by atoms with van der Waals surface area (Å²) in [4.78, 5) is 44.9. The van der Waals surface area contributed by atoms with Gasteiger partial charge in [-0.3, -0.25) is 18.7 Å². The highest BCUT2D eigenvalue weighted by Crippen LogP contribution is 2.40. The molecule has 3 saturated heterocycles. The maximum atomic E-state index is 12.8. The average Bonchev–Trinajstić information content (AvgIpc) is 4.11. The van der Waals surface area contributed by atoms with Crippen LogP contribution in [0.2, 0.25) is 0 Å². The molecule has 358 valence electrons. The summed E-state index contributed by atoms with van der Waals surface area (Å²) in [7, 11) is 3.02. The minimum absolute atomic E-state index is 0.0268. The van der Waals surface area contributed by atoms with Crippen molar-refractivity contribution in [2.75, 3.05) is 52.9 Å². The number of imidazole rings is 2. The van der Waals surface area contributed by atoms with Gasteiger partial charge in [0.05, 0.1) is 30.8 Å². The highest BCUT2D eigenvalue weighted by molar-refractivity contribution is 5.44. The molecule has 3 aliphatic heterocycles. The predicted molar refractivity (Wildman–Crippen MR) is 221 cm³/mol. The van der Waals surface area contributed by atoms with Crippen LogP contribution in [0.3, 0.4) is 0 Å². The minimum Gasteiger partial charge on any atom is -0.463 e. The lowest BCUT2D eigenvalue weighted by atomic mass is 9.82. The van der Waals surface area contributed by atoms with E-state index >= 15 is 0 Å². The number of hydrogen-bond acceptors (Lipinski definition) is 11. The highest BCUT2D eigenvalue weighted by Gasteiger charge is 2.42. The molecule has 5 fully saturated rings. The second kappa shape index (κ2) is 22.3. The van der Waals surface area contributed by atoms with Gasteiger partial charge in [0.25, 0.3) is 11.1 Å². The summed E-state index contributed by atoms with van der Waals surface area (Å²) in [6, 6.07) is 0.159. The lowest BCUT2D eigenvalue weighted by Crippen LogP contribution is -2.35. The van der Waals surface area contributed by atoms with Gasteiger partial charge in [-0.2, -0.15) is 26.3 Å². The maximum absolute atomic E-state index is 12.8. The van der Waals surface area contributed by atoms with E-state index in [0.717, 1.165) is 55.1 Å². The first kappa shape index (κ1) is 49.2. The lowest BCUT2D eigenvalue weighted by Gasteiger charge is -2.29. The summed E-state index contributed by atoms with van der Waals surface area (Å²) in [6.07, 6.45) is 3.37. The summed E-state index contributed by atoms with van der Waals surface area (Å²) < 4.78 is 102. The van der Waals surface area contributed by atoms with Crippen molar-refractivity contribution < 1.29 is 50.4 Å². The van der Waals surface area contributed by atoms with Crippen LogP contribution in [-0.2, 0) is 28.3 Å². The first-order valence-corrected chi connectivity index (χ1v) is 22.3. The van der Waals surface area contributed by atoms with Gasteiger partial charge in [0, 0.05) is 72.2 Å². The smallest absolute Gasteiger partial charge is 0.391 e. The number of nitrogens with one attached hydrogen (secondary N) is 1. The zero-order valence-electron chi connectivity index (χ0n) is 36.4. The van der Waals surface area contributed by atoms with Crippen LogP contribution in [0.4, 0.5) is 26.3 Å². The predicted octanol–water partition coefficient (Wildman–Crippen LogP) is 5.83. The fourth-order valence-corrected chi connectivity index (χ4v) is 8.73. The van der Waals surface area contributed by atoms with Crippen molar-refractivity contribution in [1.82, 2.24) is 38.3 Å². The molecule has 7 heterocycles. The molecule has 5 aliphatic rings. The summed E-state index contributed by atoms with van der Waals surface area (Å²) in [6.45, 7) is 4.95. The molecule has 0 unspecified atom stereocenters. The van der Waals surface area contributed by atoms with E-state index in [1.54, 1.807) is 11.6 Å². The Morgan fingerprint density at radius 1 is 0.656 bits per heavy atom. The normalized spacial score (nSPS) is 23.7. The monoisotopic (exact) mass is 918 g/mol. The van der Waals surface area contributed by atoms with Crippen LogP contribution in [0.15, 0.2) is 26.8 Å². The quantitative estimate of drug-likeness (QED) is 0.222. The molecule has 4 aromatic heterocycles. The number of hydrogen-bond donors (Lipinski definition) is 2. The highest BCUT2D eigenvalue weighted by atomic mass is 19.4. The van der Waals surface area contributed by atoms with E-state index in [4.69, 9.17) is 24.1 Å². The van der Waals surface area contributed by atoms with Crippen LogP contribution in [0.1, 0.15) is 113 Å². The van der Waals surface area contributed by atoms with Gasteiger partial charge in [0.1, 0.15) is 17.2 Å². The summed E-state index contributed by atoms with van der Waals surface area (Å²) >= 11 is 0. The Hall–Kier alpha value is -4.28.